The summed E-state index contributed by atoms with van der Waals surface area (Å²) in [5, 5.41) is 7.33. The van der Waals surface area contributed by atoms with Crippen LogP contribution in [0.5, 0.6) is 0 Å². The van der Waals surface area contributed by atoms with Gasteiger partial charge in [0.25, 0.3) is 0 Å². The molecule has 3 aliphatic carbocycles. The third kappa shape index (κ3) is 5.37. The van der Waals surface area contributed by atoms with Crippen LogP contribution in [0.15, 0.2) is 163 Å². The average molecular weight is 734 g/mol. The number of anilines is 2. The van der Waals surface area contributed by atoms with Crippen LogP contribution < -0.4 is 20.5 Å². The molecule has 0 bridgehead atoms. The fraction of sp³-hybridized carbons (Fsp3) is 0.184. The summed E-state index contributed by atoms with van der Waals surface area (Å²) >= 11 is 1.97. The van der Waals surface area contributed by atoms with Gasteiger partial charge < -0.3 is 4.90 Å². The summed E-state index contributed by atoms with van der Waals surface area (Å²) in [6.07, 6.45) is 21.3. The van der Waals surface area contributed by atoms with Crippen molar-refractivity contribution < 1.29 is 0 Å². The quantitative estimate of drug-likeness (QED) is 0.154. The second kappa shape index (κ2) is 13.0. The molecule has 2 heterocycles. The van der Waals surface area contributed by atoms with Crippen molar-refractivity contribution in [1.82, 2.24) is 0 Å². The third-order valence-corrected chi connectivity index (χ3v) is 18.0. The molecule has 6 aromatic rings. The highest BCUT2D eigenvalue weighted by atomic mass is 32.1. The van der Waals surface area contributed by atoms with E-state index >= 15 is 0 Å². The fourth-order valence-electron chi connectivity index (χ4n) is 9.63. The number of fused-ring (bicyclic) bond motifs is 8. The maximum absolute atomic E-state index is 2.63. The van der Waals surface area contributed by atoms with Crippen LogP contribution in [0.2, 0.25) is 19.6 Å². The summed E-state index contributed by atoms with van der Waals surface area (Å²) in [6, 6.07) is 39.6. The number of hydrogen-bond acceptors (Lipinski definition) is 2. The molecule has 0 fully saturated rings. The number of nitrogens with zero attached hydrogens (tertiary/aromatic N) is 1. The molecule has 2 unspecified atom stereocenters. The van der Waals surface area contributed by atoms with E-state index in [2.05, 4.69) is 170 Å². The standard InChI is InChI=1S/C49H43NSSi2/c1-52-45-27-24-36(30-43(45)33-13-5-4-6-14-33)50(35-18-11-17-34(29-35)39-21-12-16-32-15-7-8-19-38(32)39)37-23-25-42-47(31-37)53(2,3)46-28-26-41-40-20-9-10-22-44(40)51-49(41)48(42)46/h4-10,13-17,19-20,22-31,38-39H,11-12,18,21H2,1-3H3. The van der Waals surface area contributed by atoms with E-state index in [9.17, 15) is 0 Å². The zero-order valence-corrected chi connectivity index (χ0v) is 33.5. The van der Waals surface area contributed by atoms with Gasteiger partial charge in [-0.05, 0) is 112 Å². The van der Waals surface area contributed by atoms with Crippen LogP contribution >= 0.6 is 11.3 Å². The number of hydrogen-bond donors (Lipinski definition) is 0. The minimum Gasteiger partial charge on any atom is -0.314 e. The lowest BCUT2D eigenvalue weighted by atomic mass is 9.72. The minimum atomic E-state index is -1.98. The largest absolute Gasteiger partial charge is 0.314 e. The highest BCUT2D eigenvalue weighted by Gasteiger charge is 2.40. The Bertz CT molecular complexity index is 2600. The van der Waals surface area contributed by atoms with Gasteiger partial charge in [-0.25, -0.2) is 0 Å². The van der Waals surface area contributed by atoms with E-state index in [4.69, 9.17) is 0 Å². The van der Waals surface area contributed by atoms with Gasteiger partial charge in [-0.15, -0.1) is 11.3 Å². The van der Waals surface area contributed by atoms with Gasteiger partial charge in [0.2, 0.25) is 0 Å². The Kier molecular flexibility index (Phi) is 8.05. The second-order valence-electron chi connectivity index (χ2n) is 15.5. The van der Waals surface area contributed by atoms with Crippen molar-refractivity contribution in [2.75, 3.05) is 4.90 Å². The van der Waals surface area contributed by atoms with Crippen molar-refractivity contribution in [2.24, 2.45) is 11.8 Å². The van der Waals surface area contributed by atoms with E-state index in [1.165, 1.54) is 82.3 Å². The molecule has 0 amide bonds. The Morgan fingerprint density at radius 3 is 2.43 bits per heavy atom. The molecule has 10 rings (SSSR count). The lowest BCUT2D eigenvalue weighted by Crippen LogP contribution is -2.49. The molecule has 0 N–H and O–H groups in total. The lowest BCUT2D eigenvalue weighted by molar-refractivity contribution is 0.459. The summed E-state index contributed by atoms with van der Waals surface area (Å²) in [5.74, 6) is 0.982. The van der Waals surface area contributed by atoms with Gasteiger partial charge in [0.15, 0.2) is 0 Å². The van der Waals surface area contributed by atoms with Gasteiger partial charge >= 0.3 is 0 Å². The molecule has 0 saturated heterocycles. The highest BCUT2D eigenvalue weighted by molar-refractivity contribution is 7.26. The van der Waals surface area contributed by atoms with Crippen molar-refractivity contribution in [2.45, 2.75) is 45.3 Å². The summed E-state index contributed by atoms with van der Waals surface area (Å²) in [5.41, 5.74) is 12.5. The normalized spacial score (nSPS) is 19.7. The predicted molar refractivity (Wildman–Crippen MR) is 235 cm³/mol. The Balaban J connectivity index is 1.14. The molecule has 2 atom stereocenters. The lowest BCUT2D eigenvalue weighted by Gasteiger charge is -2.36. The maximum atomic E-state index is 2.63. The Morgan fingerprint density at radius 1 is 0.736 bits per heavy atom. The van der Waals surface area contributed by atoms with Crippen LogP contribution in [0.4, 0.5) is 11.4 Å². The molecule has 2 radical (unpaired) electrons. The van der Waals surface area contributed by atoms with E-state index in [-0.39, 0.29) is 0 Å². The zero-order valence-electron chi connectivity index (χ0n) is 30.7. The molecular weight excluding hydrogens is 691 g/mol. The van der Waals surface area contributed by atoms with Crippen LogP contribution in [0.1, 0.15) is 25.7 Å². The Hall–Kier alpha value is -4.75. The molecule has 1 aliphatic heterocycles. The van der Waals surface area contributed by atoms with Crippen LogP contribution in [-0.4, -0.2) is 17.6 Å². The summed E-state index contributed by atoms with van der Waals surface area (Å²) in [7, 11) is -1.25. The predicted octanol–water partition coefficient (Wildman–Crippen LogP) is 11.7. The van der Waals surface area contributed by atoms with Gasteiger partial charge in [-0.1, -0.05) is 134 Å². The van der Waals surface area contributed by atoms with Gasteiger partial charge in [-0.2, -0.15) is 0 Å². The number of benzene rings is 5. The second-order valence-corrected chi connectivity index (χ2v) is 22.0. The molecule has 258 valence electrons. The molecule has 5 aromatic carbocycles. The monoisotopic (exact) mass is 733 g/mol. The number of rotatable bonds is 6. The Morgan fingerprint density at radius 2 is 1.55 bits per heavy atom. The van der Waals surface area contributed by atoms with Crippen LogP contribution in [-0.2, 0) is 0 Å². The maximum Gasteiger partial charge on any atom is 0.114 e. The van der Waals surface area contributed by atoms with Crippen molar-refractivity contribution in [1.29, 1.82) is 0 Å². The fourth-order valence-corrected chi connectivity index (χ4v) is 14.8. The van der Waals surface area contributed by atoms with E-state index < -0.39 is 8.07 Å². The molecule has 53 heavy (non-hydrogen) atoms. The number of allylic oxidation sites excluding steroid dienone is 10. The summed E-state index contributed by atoms with van der Waals surface area (Å²) in [4.78, 5) is 2.63. The SMILES string of the molecule is C[Si]c1ccc(N(C2=CC(C3CCC=C4C=CC=CC43)=CCC2)c2ccc3c(c2)[Si](C)(C)c2ccc4c(sc5ccccc54)c2-3)cc1-c1ccccc1. The van der Waals surface area contributed by atoms with E-state index in [1.807, 2.05) is 11.3 Å². The van der Waals surface area contributed by atoms with Gasteiger partial charge in [0.05, 0.1) is 9.52 Å². The highest BCUT2D eigenvalue weighted by Crippen LogP contribution is 2.45. The van der Waals surface area contributed by atoms with E-state index in [1.54, 1.807) is 10.4 Å². The molecule has 1 nitrogen and oxygen atoms in total. The molecule has 0 saturated carbocycles. The van der Waals surface area contributed by atoms with Crippen molar-refractivity contribution in [3.05, 3.63) is 163 Å². The van der Waals surface area contributed by atoms with Crippen LogP contribution in [0.3, 0.4) is 0 Å². The minimum absolute atomic E-state index is 0.467. The molecular formula is C49H43NSSi2. The van der Waals surface area contributed by atoms with Gasteiger partial charge in [0.1, 0.15) is 8.07 Å². The van der Waals surface area contributed by atoms with Crippen molar-refractivity contribution >= 4 is 76.0 Å². The molecule has 1 aromatic heterocycles. The van der Waals surface area contributed by atoms with Crippen molar-refractivity contribution in [3.8, 4) is 22.3 Å². The summed E-state index contributed by atoms with van der Waals surface area (Å²) in [6.45, 7) is 7.44. The van der Waals surface area contributed by atoms with E-state index in [0.717, 1.165) is 28.8 Å². The smallest absolute Gasteiger partial charge is 0.114 e. The van der Waals surface area contributed by atoms with E-state index in [0.29, 0.717) is 11.8 Å². The first-order valence-electron chi connectivity index (χ1n) is 19.2. The van der Waals surface area contributed by atoms with Gasteiger partial charge in [-0.3, -0.25) is 0 Å². The first kappa shape index (κ1) is 32.9. The van der Waals surface area contributed by atoms with Crippen LogP contribution in [0, 0.1) is 11.8 Å². The number of thiophene rings is 1. The average Bonchev–Trinajstić information content (AvgIpc) is 3.70. The molecule has 0 spiro atoms. The Labute approximate surface area is 321 Å². The molecule has 4 aliphatic rings. The first-order chi connectivity index (χ1) is 26.0. The third-order valence-electron chi connectivity index (χ3n) is 12.3. The van der Waals surface area contributed by atoms with Crippen molar-refractivity contribution in [3.63, 3.8) is 0 Å². The first-order valence-corrected chi connectivity index (χ1v) is 24.5. The topological polar surface area (TPSA) is 3.24 Å². The van der Waals surface area contributed by atoms with Gasteiger partial charge in [0, 0.05) is 43.2 Å². The molecule has 4 heteroatoms. The summed E-state index contributed by atoms with van der Waals surface area (Å²) < 4.78 is 2.83. The van der Waals surface area contributed by atoms with Crippen LogP contribution in [0.25, 0.3) is 42.4 Å². The zero-order chi connectivity index (χ0) is 35.7.